The Morgan fingerprint density at radius 2 is 2.29 bits per heavy atom. The number of sulfonamides is 1. The van der Waals surface area contributed by atoms with Gasteiger partial charge in [-0.2, -0.15) is 0 Å². The Balaban J connectivity index is 2.12. The summed E-state index contributed by atoms with van der Waals surface area (Å²) in [6, 6.07) is 1.31. The summed E-state index contributed by atoms with van der Waals surface area (Å²) in [5, 5.41) is 0.0365. The van der Waals surface area contributed by atoms with E-state index in [1.54, 1.807) is 7.05 Å². The average molecular weight is 316 g/mol. The zero-order valence-electron chi connectivity index (χ0n) is 12.3. The molecule has 0 amide bonds. The van der Waals surface area contributed by atoms with E-state index in [4.69, 9.17) is 4.74 Å². The molecule has 7 nitrogen and oxygen atoms in total. The molecule has 1 aliphatic heterocycles. The van der Waals surface area contributed by atoms with E-state index in [9.17, 15) is 13.2 Å². The van der Waals surface area contributed by atoms with Gasteiger partial charge in [0.25, 0.3) is 10.0 Å². The van der Waals surface area contributed by atoms with Gasteiger partial charge in [0.1, 0.15) is 0 Å². The minimum atomic E-state index is -3.67. The number of hydrogen-bond acceptors (Lipinski definition) is 5. The highest BCUT2D eigenvalue weighted by Gasteiger charge is 2.27. The maximum absolute atomic E-state index is 12.3. The summed E-state index contributed by atoms with van der Waals surface area (Å²) < 4.78 is 38.6. The van der Waals surface area contributed by atoms with Gasteiger partial charge >= 0.3 is 5.97 Å². The summed E-state index contributed by atoms with van der Waals surface area (Å²) in [5.41, 5.74) is 0.206. The van der Waals surface area contributed by atoms with Crippen LogP contribution >= 0.6 is 0 Å². The molecule has 1 saturated heterocycles. The first-order valence-electron chi connectivity index (χ1n) is 6.71. The molecule has 8 heteroatoms. The Hall–Kier alpha value is -1.38. The van der Waals surface area contributed by atoms with E-state index in [-0.39, 0.29) is 22.6 Å². The number of esters is 1. The first-order chi connectivity index (χ1) is 9.85. The predicted octanol–water partition coefficient (Wildman–Crippen LogP) is 0.515. The third-order valence-corrected chi connectivity index (χ3v) is 5.23. The molecule has 0 aromatic carbocycles. The Kier molecular flexibility index (Phi) is 4.70. The lowest BCUT2D eigenvalue weighted by Crippen LogP contribution is -2.32. The molecule has 1 aromatic heterocycles. The van der Waals surface area contributed by atoms with Crippen molar-refractivity contribution in [3.05, 3.63) is 17.8 Å². The van der Waals surface area contributed by atoms with Gasteiger partial charge in [0.15, 0.2) is 5.03 Å². The molecule has 2 unspecified atom stereocenters. The third-order valence-electron chi connectivity index (χ3n) is 3.72. The number of nitrogens with one attached hydrogen (secondary N) is 1. The lowest BCUT2D eigenvalue weighted by atomic mass is 10.0. The van der Waals surface area contributed by atoms with Crippen LogP contribution in [0, 0.1) is 5.92 Å². The van der Waals surface area contributed by atoms with E-state index < -0.39 is 16.0 Å². The van der Waals surface area contributed by atoms with E-state index in [1.165, 1.54) is 23.9 Å². The van der Waals surface area contributed by atoms with Crippen molar-refractivity contribution in [3.8, 4) is 0 Å². The van der Waals surface area contributed by atoms with Crippen LogP contribution in [0.1, 0.15) is 23.7 Å². The summed E-state index contributed by atoms with van der Waals surface area (Å²) in [6.45, 7) is 2.91. The molecule has 1 fully saturated rings. The zero-order valence-corrected chi connectivity index (χ0v) is 13.1. The average Bonchev–Trinajstić information content (AvgIpc) is 3.02. The SMILES string of the molecule is COC(=O)c1cc(S(=O)(=O)NCC2CCOC2C)n(C)c1. The number of carbonyl (C=O) groups excluding carboxylic acids is 1. The first-order valence-corrected chi connectivity index (χ1v) is 8.19. The Morgan fingerprint density at radius 3 is 2.86 bits per heavy atom. The second-order valence-electron chi connectivity index (χ2n) is 5.15. The molecule has 21 heavy (non-hydrogen) atoms. The topological polar surface area (TPSA) is 86.6 Å². The second kappa shape index (κ2) is 6.17. The van der Waals surface area contributed by atoms with Crippen molar-refractivity contribution in [1.82, 2.24) is 9.29 Å². The number of hydrogen-bond donors (Lipinski definition) is 1. The smallest absolute Gasteiger partial charge is 0.339 e. The summed E-state index contributed by atoms with van der Waals surface area (Å²) in [7, 11) is -0.848. The molecule has 0 bridgehead atoms. The Bertz CT molecular complexity index is 623. The van der Waals surface area contributed by atoms with Crippen LogP contribution in [0.2, 0.25) is 0 Å². The zero-order chi connectivity index (χ0) is 15.6. The van der Waals surface area contributed by atoms with Gasteiger partial charge in [0, 0.05) is 32.3 Å². The molecule has 2 heterocycles. The lowest BCUT2D eigenvalue weighted by molar-refractivity contribution is 0.0600. The molecule has 0 spiro atoms. The third kappa shape index (κ3) is 3.45. The molecule has 0 radical (unpaired) electrons. The molecule has 2 rings (SSSR count). The van der Waals surface area contributed by atoms with E-state index in [1.807, 2.05) is 6.92 Å². The standard InChI is InChI=1S/C13H20N2O5S/c1-9-10(4-5-20-9)7-14-21(17,18)12-6-11(8-15(12)2)13(16)19-3/h6,8-10,14H,4-5,7H2,1-3H3. The summed E-state index contributed by atoms with van der Waals surface area (Å²) in [5.74, 6) is -0.398. The maximum atomic E-state index is 12.3. The molecular formula is C13H20N2O5S. The number of ether oxygens (including phenoxy) is 2. The largest absolute Gasteiger partial charge is 0.465 e. The molecule has 1 aromatic rings. The number of carbonyl (C=O) groups is 1. The van der Waals surface area contributed by atoms with Crippen molar-refractivity contribution in [2.45, 2.75) is 24.5 Å². The minimum Gasteiger partial charge on any atom is -0.465 e. The molecular weight excluding hydrogens is 296 g/mol. The van der Waals surface area contributed by atoms with Crippen LogP contribution < -0.4 is 4.72 Å². The number of aryl methyl sites for hydroxylation is 1. The Labute approximate surface area is 124 Å². The normalized spacial score (nSPS) is 22.4. The van der Waals surface area contributed by atoms with Gasteiger partial charge in [-0.1, -0.05) is 0 Å². The fourth-order valence-corrected chi connectivity index (χ4v) is 3.67. The van der Waals surface area contributed by atoms with Crippen molar-refractivity contribution in [3.63, 3.8) is 0 Å². The predicted molar refractivity (Wildman–Crippen MR) is 75.5 cm³/mol. The van der Waals surface area contributed by atoms with Crippen molar-refractivity contribution in [2.75, 3.05) is 20.3 Å². The van der Waals surface area contributed by atoms with Crippen LogP contribution in [0.5, 0.6) is 0 Å². The fraction of sp³-hybridized carbons (Fsp3) is 0.615. The molecule has 1 N–H and O–H groups in total. The molecule has 0 aliphatic carbocycles. The van der Waals surface area contributed by atoms with Crippen LogP contribution in [0.4, 0.5) is 0 Å². The number of nitrogens with zero attached hydrogens (tertiary/aromatic N) is 1. The number of methoxy groups -OCH3 is 1. The lowest BCUT2D eigenvalue weighted by Gasteiger charge is -2.15. The highest BCUT2D eigenvalue weighted by atomic mass is 32.2. The monoisotopic (exact) mass is 316 g/mol. The van der Waals surface area contributed by atoms with Crippen molar-refractivity contribution >= 4 is 16.0 Å². The van der Waals surface area contributed by atoms with Crippen LogP contribution in [-0.4, -0.2) is 45.3 Å². The molecule has 0 saturated carbocycles. The summed E-state index contributed by atoms with van der Waals surface area (Å²) in [6.07, 6.45) is 2.32. The fourth-order valence-electron chi connectivity index (χ4n) is 2.38. The van der Waals surface area contributed by atoms with Crippen LogP contribution in [0.25, 0.3) is 0 Å². The number of aromatic nitrogens is 1. The van der Waals surface area contributed by atoms with Crippen molar-refractivity contribution < 1.29 is 22.7 Å². The summed E-state index contributed by atoms with van der Waals surface area (Å²) >= 11 is 0. The highest BCUT2D eigenvalue weighted by Crippen LogP contribution is 2.20. The molecule has 1 aliphatic rings. The van der Waals surface area contributed by atoms with Crippen LogP contribution in [0.15, 0.2) is 17.3 Å². The van der Waals surface area contributed by atoms with Crippen molar-refractivity contribution in [2.24, 2.45) is 13.0 Å². The van der Waals surface area contributed by atoms with Gasteiger partial charge in [-0.25, -0.2) is 17.9 Å². The van der Waals surface area contributed by atoms with Gasteiger partial charge in [0.2, 0.25) is 0 Å². The van der Waals surface area contributed by atoms with Gasteiger partial charge in [-0.05, 0) is 19.4 Å². The van der Waals surface area contributed by atoms with Crippen molar-refractivity contribution in [1.29, 1.82) is 0 Å². The maximum Gasteiger partial charge on any atom is 0.339 e. The Morgan fingerprint density at radius 1 is 1.57 bits per heavy atom. The van der Waals surface area contributed by atoms with Crippen LogP contribution in [0.3, 0.4) is 0 Å². The van der Waals surface area contributed by atoms with Gasteiger partial charge in [-0.15, -0.1) is 0 Å². The van der Waals surface area contributed by atoms with Gasteiger partial charge in [0.05, 0.1) is 18.8 Å². The second-order valence-corrected chi connectivity index (χ2v) is 6.86. The summed E-state index contributed by atoms with van der Waals surface area (Å²) in [4.78, 5) is 11.4. The van der Waals surface area contributed by atoms with Crippen LogP contribution in [-0.2, 0) is 26.5 Å². The molecule has 118 valence electrons. The van der Waals surface area contributed by atoms with E-state index in [0.717, 1.165) is 6.42 Å². The van der Waals surface area contributed by atoms with E-state index in [2.05, 4.69) is 9.46 Å². The van der Waals surface area contributed by atoms with E-state index in [0.29, 0.717) is 13.2 Å². The van der Waals surface area contributed by atoms with Gasteiger partial charge in [-0.3, -0.25) is 0 Å². The van der Waals surface area contributed by atoms with Gasteiger partial charge < -0.3 is 14.0 Å². The highest BCUT2D eigenvalue weighted by molar-refractivity contribution is 7.89. The molecule has 2 atom stereocenters. The number of rotatable bonds is 5. The quantitative estimate of drug-likeness (QED) is 0.800. The first kappa shape index (κ1) is 16.0. The van der Waals surface area contributed by atoms with E-state index >= 15 is 0 Å². The minimum absolute atomic E-state index is 0.0365.